The maximum Gasteiger partial charge on any atom is 0.135 e. The van der Waals surface area contributed by atoms with Crippen molar-refractivity contribution < 1.29 is 4.42 Å². The highest BCUT2D eigenvalue weighted by molar-refractivity contribution is 6.06. The molecule has 1 heterocycles. The molecule has 0 aliphatic carbocycles. The van der Waals surface area contributed by atoms with Crippen molar-refractivity contribution in [3.8, 4) is 55.6 Å². The smallest absolute Gasteiger partial charge is 0.135 e. The Kier molecular flexibility index (Phi) is 8.98. The van der Waals surface area contributed by atoms with Gasteiger partial charge >= 0.3 is 0 Å². The highest BCUT2D eigenvalue weighted by Gasteiger charge is 2.19. The Morgan fingerprint density at radius 2 is 0.717 bits per heavy atom. The Bertz CT molecular complexity index is 3280. The molecule has 0 saturated heterocycles. The minimum atomic E-state index is 0.0287. The summed E-state index contributed by atoms with van der Waals surface area (Å²) >= 11 is 0. The maximum absolute atomic E-state index is 6.14. The number of fused-ring (bicyclic) bond motifs is 4. The first-order valence-corrected chi connectivity index (χ1v) is 20.7. The van der Waals surface area contributed by atoms with Crippen LogP contribution in [0.15, 0.2) is 241 Å². The van der Waals surface area contributed by atoms with Gasteiger partial charge in [-0.15, -0.1) is 0 Å². The Labute approximate surface area is 350 Å². The fourth-order valence-corrected chi connectivity index (χ4v) is 8.95. The Morgan fingerprint density at radius 3 is 1.43 bits per heavy atom. The minimum absolute atomic E-state index is 0.0287. The third-order valence-electron chi connectivity index (χ3n) is 12.0. The standard InChI is InChI=1S/C59H40O/c1-2-11-40(12-3-1)41-23-25-42(26-24-41)43-27-31-46(32-28-43)59(47-33-29-45(30-34-47)54-21-10-14-44-13-4-5-19-53(44)54)52-18-9-17-50(38-52)48-15-8-16-49(37-48)51-35-36-58-56(39-51)55-20-6-7-22-57(55)60-58/h1-39,59H. The molecule has 0 saturated carbocycles. The van der Waals surface area contributed by atoms with Crippen LogP contribution in [0, 0.1) is 0 Å². The first kappa shape index (κ1) is 35.4. The van der Waals surface area contributed by atoms with Crippen LogP contribution < -0.4 is 0 Å². The Morgan fingerprint density at radius 1 is 0.250 bits per heavy atom. The molecule has 1 heteroatoms. The monoisotopic (exact) mass is 764 g/mol. The largest absolute Gasteiger partial charge is 0.456 e. The molecular formula is C59H40O. The van der Waals surface area contributed by atoms with Crippen molar-refractivity contribution in [1.82, 2.24) is 0 Å². The van der Waals surface area contributed by atoms with E-state index in [2.05, 4.69) is 224 Å². The number of para-hydroxylation sites is 1. The van der Waals surface area contributed by atoms with E-state index < -0.39 is 0 Å². The van der Waals surface area contributed by atoms with E-state index in [1.54, 1.807) is 0 Å². The zero-order chi connectivity index (χ0) is 39.8. The highest BCUT2D eigenvalue weighted by atomic mass is 16.3. The number of benzene rings is 10. The molecule has 1 aromatic heterocycles. The molecule has 1 atom stereocenters. The molecule has 0 amide bonds. The molecule has 0 spiro atoms. The zero-order valence-corrected chi connectivity index (χ0v) is 33.0. The summed E-state index contributed by atoms with van der Waals surface area (Å²) in [4.78, 5) is 0. The summed E-state index contributed by atoms with van der Waals surface area (Å²) in [6.45, 7) is 0. The second-order valence-electron chi connectivity index (χ2n) is 15.7. The van der Waals surface area contributed by atoms with Crippen molar-refractivity contribution in [3.63, 3.8) is 0 Å². The van der Waals surface area contributed by atoms with Crippen LogP contribution in [0.2, 0.25) is 0 Å². The van der Waals surface area contributed by atoms with E-state index in [1.165, 1.54) is 83.1 Å². The topological polar surface area (TPSA) is 13.1 Å². The quantitative estimate of drug-likeness (QED) is 0.140. The predicted molar refractivity (Wildman–Crippen MR) is 252 cm³/mol. The molecule has 282 valence electrons. The minimum Gasteiger partial charge on any atom is -0.456 e. The van der Waals surface area contributed by atoms with Crippen LogP contribution in [0.3, 0.4) is 0 Å². The first-order valence-electron chi connectivity index (χ1n) is 20.7. The fraction of sp³-hybridized carbons (Fsp3) is 0.0169. The van der Waals surface area contributed by atoms with Crippen molar-refractivity contribution in [2.24, 2.45) is 0 Å². The molecule has 10 aromatic carbocycles. The predicted octanol–water partition coefficient (Wildman–Crippen LogP) is 16.3. The molecular weight excluding hydrogens is 725 g/mol. The molecule has 0 aliphatic rings. The second-order valence-corrected chi connectivity index (χ2v) is 15.7. The van der Waals surface area contributed by atoms with Crippen LogP contribution in [0.5, 0.6) is 0 Å². The number of hydrogen-bond donors (Lipinski definition) is 0. The van der Waals surface area contributed by atoms with Crippen LogP contribution in [0.4, 0.5) is 0 Å². The normalized spacial score (nSPS) is 11.9. The fourth-order valence-electron chi connectivity index (χ4n) is 8.95. The Balaban J connectivity index is 0.963. The number of hydrogen-bond acceptors (Lipinski definition) is 1. The van der Waals surface area contributed by atoms with Gasteiger partial charge in [-0.2, -0.15) is 0 Å². The molecule has 11 rings (SSSR count). The average molecular weight is 765 g/mol. The molecule has 11 aromatic rings. The summed E-state index contributed by atoms with van der Waals surface area (Å²) in [5.41, 5.74) is 17.6. The lowest BCUT2D eigenvalue weighted by Gasteiger charge is -2.21. The van der Waals surface area contributed by atoms with Crippen molar-refractivity contribution in [2.75, 3.05) is 0 Å². The highest BCUT2D eigenvalue weighted by Crippen LogP contribution is 2.39. The maximum atomic E-state index is 6.14. The molecule has 0 radical (unpaired) electrons. The van der Waals surface area contributed by atoms with Gasteiger partial charge in [0.15, 0.2) is 0 Å². The third-order valence-corrected chi connectivity index (χ3v) is 12.0. The Hall–Kier alpha value is -7.74. The summed E-state index contributed by atoms with van der Waals surface area (Å²) < 4.78 is 6.14. The third kappa shape index (κ3) is 6.67. The van der Waals surface area contributed by atoms with Gasteiger partial charge in [-0.05, 0) is 107 Å². The van der Waals surface area contributed by atoms with Gasteiger partial charge in [0.25, 0.3) is 0 Å². The number of rotatable bonds is 8. The summed E-state index contributed by atoms with van der Waals surface area (Å²) in [6.07, 6.45) is 0. The van der Waals surface area contributed by atoms with E-state index >= 15 is 0 Å². The molecule has 0 aliphatic heterocycles. The van der Waals surface area contributed by atoms with E-state index in [0.717, 1.165) is 21.9 Å². The lowest BCUT2D eigenvalue weighted by molar-refractivity contribution is 0.669. The molecule has 1 unspecified atom stereocenters. The van der Waals surface area contributed by atoms with Crippen molar-refractivity contribution in [3.05, 3.63) is 253 Å². The summed E-state index contributed by atoms with van der Waals surface area (Å²) in [6, 6.07) is 85.9. The van der Waals surface area contributed by atoms with E-state index in [-0.39, 0.29) is 5.92 Å². The van der Waals surface area contributed by atoms with Crippen molar-refractivity contribution >= 4 is 32.7 Å². The van der Waals surface area contributed by atoms with Gasteiger partial charge in [-0.3, -0.25) is 0 Å². The lowest BCUT2D eigenvalue weighted by Crippen LogP contribution is -2.04. The second kappa shape index (κ2) is 15.2. The zero-order valence-electron chi connectivity index (χ0n) is 33.0. The van der Waals surface area contributed by atoms with Crippen LogP contribution in [-0.4, -0.2) is 0 Å². The van der Waals surface area contributed by atoms with Crippen LogP contribution in [0.1, 0.15) is 22.6 Å². The lowest BCUT2D eigenvalue weighted by atomic mass is 9.83. The molecule has 60 heavy (non-hydrogen) atoms. The van der Waals surface area contributed by atoms with E-state index in [4.69, 9.17) is 4.42 Å². The van der Waals surface area contributed by atoms with Crippen LogP contribution >= 0.6 is 0 Å². The molecule has 0 fully saturated rings. The molecule has 1 nitrogen and oxygen atoms in total. The van der Waals surface area contributed by atoms with E-state index in [9.17, 15) is 0 Å². The van der Waals surface area contributed by atoms with Gasteiger partial charge in [-0.25, -0.2) is 0 Å². The SMILES string of the molecule is c1ccc(-c2ccc(-c3ccc(C(c4ccc(-c5cccc6ccccc56)cc4)c4cccc(-c5cccc(-c6ccc7oc8ccccc8c7c6)c5)c4)cc3)cc2)cc1. The van der Waals surface area contributed by atoms with Crippen molar-refractivity contribution in [1.29, 1.82) is 0 Å². The molecule has 0 N–H and O–H groups in total. The summed E-state index contributed by atoms with van der Waals surface area (Å²) in [5, 5.41) is 4.80. The van der Waals surface area contributed by atoms with E-state index in [0.29, 0.717) is 0 Å². The van der Waals surface area contributed by atoms with Gasteiger partial charge in [0, 0.05) is 16.7 Å². The van der Waals surface area contributed by atoms with E-state index in [1.807, 2.05) is 12.1 Å². The van der Waals surface area contributed by atoms with Gasteiger partial charge in [0.2, 0.25) is 0 Å². The van der Waals surface area contributed by atoms with Crippen LogP contribution in [0.25, 0.3) is 88.3 Å². The molecule has 0 bridgehead atoms. The van der Waals surface area contributed by atoms with Gasteiger partial charge < -0.3 is 4.42 Å². The van der Waals surface area contributed by atoms with Gasteiger partial charge in [0.05, 0.1) is 0 Å². The van der Waals surface area contributed by atoms with Crippen molar-refractivity contribution in [2.45, 2.75) is 5.92 Å². The number of furan rings is 1. The van der Waals surface area contributed by atoms with Gasteiger partial charge in [-0.1, -0.05) is 212 Å². The summed E-state index contributed by atoms with van der Waals surface area (Å²) in [5.74, 6) is 0.0287. The first-order chi connectivity index (χ1) is 29.7. The van der Waals surface area contributed by atoms with Gasteiger partial charge in [0.1, 0.15) is 11.2 Å². The average Bonchev–Trinajstić information content (AvgIpc) is 3.71. The van der Waals surface area contributed by atoms with Crippen LogP contribution in [-0.2, 0) is 0 Å². The summed E-state index contributed by atoms with van der Waals surface area (Å²) in [7, 11) is 0.